The van der Waals surface area contributed by atoms with Crippen LogP contribution in [0.4, 0.5) is 0 Å². The molecule has 0 rings (SSSR count). The molecule has 0 saturated carbocycles. The second kappa shape index (κ2) is 29.3. The van der Waals surface area contributed by atoms with Gasteiger partial charge >= 0.3 is 11.9 Å². The van der Waals surface area contributed by atoms with E-state index in [1.54, 1.807) is 6.92 Å². The lowest BCUT2D eigenvalue weighted by molar-refractivity contribution is -0.137. The van der Waals surface area contributed by atoms with Crippen molar-refractivity contribution in [3.63, 3.8) is 0 Å². The molecule has 0 aromatic heterocycles. The van der Waals surface area contributed by atoms with Gasteiger partial charge in [0.15, 0.2) is 0 Å². The first-order valence-corrected chi connectivity index (χ1v) is 15.5. The smallest absolute Gasteiger partial charge is 0.353 e. The first kappa shape index (κ1) is 39.5. The Labute approximate surface area is 243 Å². The van der Waals surface area contributed by atoms with Gasteiger partial charge in [-0.3, -0.25) is 9.59 Å². The zero-order chi connectivity index (χ0) is 30.4. The average molecular weight is 567 g/mol. The molecule has 0 fully saturated rings. The van der Waals surface area contributed by atoms with E-state index >= 15 is 0 Å². The largest absolute Gasteiger partial charge is 0.477 e. The molecule has 2 amide bonds. The van der Waals surface area contributed by atoms with Gasteiger partial charge in [0, 0.05) is 12.8 Å². The third-order valence-electron chi connectivity index (χ3n) is 6.53. The minimum atomic E-state index is -1.09. The molecule has 0 aromatic rings. The van der Waals surface area contributed by atoms with E-state index in [1.165, 1.54) is 96.7 Å². The van der Waals surface area contributed by atoms with Crippen molar-refractivity contribution >= 4 is 23.8 Å². The van der Waals surface area contributed by atoms with Crippen molar-refractivity contribution in [2.24, 2.45) is 0 Å². The van der Waals surface area contributed by atoms with Crippen LogP contribution in [0.25, 0.3) is 0 Å². The van der Waals surface area contributed by atoms with Crippen LogP contribution in [-0.4, -0.2) is 36.0 Å². The third kappa shape index (κ3) is 26.9. The Morgan fingerprint density at radius 1 is 0.650 bits per heavy atom. The summed E-state index contributed by atoms with van der Waals surface area (Å²) in [7, 11) is 1.26. The Morgan fingerprint density at radius 3 is 1.32 bits per heavy atom. The van der Waals surface area contributed by atoms with Gasteiger partial charge in [0.25, 0.3) is 0 Å². The monoisotopic (exact) mass is 566 g/mol. The van der Waals surface area contributed by atoms with Crippen molar-refractivity contribution in [3.8, 4) is 0 Å². The standard InChI is InChI=1S/2C16H29NO3/c1-4-5-6-7-8-9-10-11-12-13-15(18)17-14(2)16(19)20-3;1-3-5-6-7-8-9-10-11-12-13-15(18)17-14(4-2)16(19)20/h2,4-13H2,1,3H3,(H,17,18);4H,3,5-13H2,1-2H3,(H,17,18)(H,19,20). The van der Waals surface area contributed by atoms with E-state index in [-0.39, 0.29) is 23.2 Å². The zero-order valence-electron chi connectivity index (χ0n) is 25.9. The summed E-state index contributed by atoms with van der Waals surface area (Å²) in [5.74, 6) is -2.05. The molecule has 232 valence electrons. The number of amides is 2. The van der Waals surface area contributed by atoms with E-state index in [9.17, 15) is 19.2 Å². The van der Waals surface area contributed by atoms with Gasteiger partial charge in [0.05, 0.1) is 7.11 Å². The SMILES string of the molecule is C=C(NC(=O)CCCCCCCCCCC)C(=O)OC.CC=C(NC(=O)CCCCCCCCCCC)C(=O)O. The van der Waals surface area contributed by atoms with E-state index in [0.29, 0.717) is 12.8 Å². The van der Waals surface area contributed by atoms with Crippen LogP contribution in [-0.2, 0) is 23.9 Å². The van der Waals surface area contributed by atoms with E-state index < -0.39 is 11.9 Å². The highest BCUT2D eigenvalue weighted by molar-refractivity contribution is 5.93. The molecule has 8 heteroatoms. The molecule has 0 aliphatic carbocycles. The summed E-state index contributed by atoms with van der Waals surface area (Å²) in [6, 6.07) is 0. The minimum absolute atomic E-state index is 0.00780. The molecule has 0 saturated heterocycles. The van der Waals surface area contributed by atoms with Gasteiger partial charge in [-0.15, -0.1) is 0 Å². The Kier molecular flexibility index (Phi) is 29.0. The van der Waals surface area contributed by atoms with Gasteiger partial charge < -0.3 is 20.5 Å². The predicted octanol–water partition coefficient (Wildman–Crippen LogP) is 7.72. The van der Waals surface area contributed by atoms with Gasteiger partial charge in [0.1, 0.15) is 11.4 Å². The van der Waals surface area contributed by atoms with Crippen LogP contribution in [0.2, 0.25) is 0 Å². The number of hydrogen-bond donors (Lipinski definition) is 3. The van der Waals surface area contributed by atoms with Crippen molar-refractivity contribution in [2.45, 2.75) is 149 Å². The van der Waals surface area contributed by atoms with Crippen molar-refractivity contribution < 1.29 is 29.0 Å². The van der Waals surface area contributed by atoms with E-state index in [0.717, 1.165) is 32.1 Å². The van der Waals surface area contributed by atoms with Gasteiger partial charge in [-0.25, -0.2) is 9.59 Å². The summed E-state index contributed by atoms with van der Waals surface area (Å²) >= 11 is 0. The molecule has 0 aliphatic rings. The molecule has 8 nitrogen and oxygen atoms in total. The average Bonchev–Trinajstić information content (AvgIpc) is 2.93. The molecule has 0 radical (unpaired) electrons. The molecule has 0 aromatic carbocycles. The summed E-state index contributed by atoms with van der Waals surface area (Å²) in [6.07, 6.45) is 24.0. The first-order valence-electron chi connectivity index (χ1n) is 15.5. The number of methoxy groups -OCH3 is 1. The van der Waals surface area contributed by atoms with Crippen molar-refractivity contribution in [1.82, 2.24) is 10.6 Å². The van der Waals surface area contributed by atoms with Gasteiger partial charge in [-0.1, -0.05) is 129 Å². The van der Waals surface area contributed by atoms with Crippen molar-refractivity contribution in [3.05, 3.63) is 24.0 Å². The number of ether oxygens (including phenoxy) is 1. The topological polar surface area (TPSA) is 122 Å². The molecule has 0 bridgehead atoms. The van der Waals surface area contributed by atoms with E-state index in [2.05, 4.69) is 35.8 Å². The van der Waals surface area contributed by atoms with Crippen LogP contribution in [0.5, 0.6) is 0 Å². The summed E-state index contributed by atoms with van der Waals surface area (Å²) in [6.45, 7) is 9.49. The number of carbonyl (C=O) groups excluding carboxylic acids is 3. The van der Waals surface area contributed by atoms with Crippen LogP contribution in [0, 0.1) is 0 Å². The third-order valence-corrected chi connectivity index (χ3v) is 6.53. The first-order chi connectivity index (χ1) is 19.2. The molecular formula is C32H58N2O6. The maximum Gasteiger partial charge on any atom is 0.353 e. The molecule has 0 unspecified atom stereocenters. The fourth-order valence-corrected chi connectivity index (χ4v) is 4.06. The molecule has 40 heavy (non-hydrogen) atoms. The number of aliphatic carboxylic acids is 1. The Balaban J connectivity index is 0. The maximum atomic E-state index is 11.5. The second-order valence-corrected chi connectivity index (χ2v) is 10.2. The molecular weight excluding hydrogens is 508 g/mol. The Hall–Kier alpha value is -2.64. The summed E-state index contributed by atoms with van der Waals surface area (Å²) in [5.41, 5.74) is -0.0284. The number of esters is 1. The molecule has 0 spiro atoms. The van der Waals surface area contributed by atoms with E-state index in [4.69, 9.17) is 5.11 Å². The summed E-state index contributed by atoms with van der Waals surface area (Å²) in [5, 5.41) is 13.6. The molecule has 0 aliphatic heterocycles. The number of rotatable bonds is 24. The summed E-state index contributed by atoms with van der Waals surface area (Å²) < 4.78 is 4.46. The van der Waals surface area contributed by atoms with E-state index in [1.807, 2.05) is 0 Å². The highest BCUT2D eigenvalue weighted by Gasteiger charge is 2.10. The van der Waals surface area contributed by atoms with Crippen molar-refractivity contribution in [2.75, 3.05) is 7.11 Å². The van der Waals surface area contributed by atoms with Crippen LogP contribution in [0.15, 0.2) is 24.0 Å². The molecule has 0 atom stereocenters. The van der Waals surface area contributed by atoms with Gasteiger partial charge in [-0.2, -0.15) is 0 Å². The lowest BCUT2D eigenvalue weighted by Gasteiger charge is -2.06. The second-order valence-electron chi connectivity index (χ2n) is 10.2. The lowest BCUT2D eigenvalue weighted by atomic mass is 10.1. The maximum absolute atomic E-state index is 11.5. The number of carboxylic acids is 1. The summed E-state index contributed by atoms with van der Waals surface area (Å²) in [4.78, 5) is 44.8. The van der Waals surface area contributed by atoms with Gasteiger partial charge in [-0.05, 0) is 19.8 Å². The normalized spacial score (nSPS) is 10.8. The Morgan fingerprint density at radius 2 is 1.00 bits per heavy atom. The molecule has 3 N–H and O–H groups in total. The van der Waals surface area contributed by atoms with Crippen molar-refractivity contribution in [1.29, 1.82) is 0 Å². The van der Waals surface area contributed by atoms with Crippen LogP contribution in [0.1, 0.15) is 149 Å². The number of allylic oxidation sites excluding steroid dienone is 1. The Bertz CT molecular complexity index is 733. The van der Waals surface area contributed by atoms with Crippen LogP contribution in [0.3, 0.4) is 0 Å². The fourth-order valence-electron chi connectivity index (χ4n) is 4.06. The molecule has 0 heterocycles. The quantitative estimate of drug-likeness (QED) is 0.0624. The predicted molar refractivity (Wildman–Crippen MR) is 163 cm³/mol. The number of unbranched alkanes of at least 4 members (excludes halogenated alkanes) is 16. The van der Waals surface area contributed by atoms with Crippen LogP contribution >= 0.6 is 0 Å². The minimum Gasteiger partial charge on any atom is -0.477 e. The number of hydrogen-bond acceptors (Lipinski definition) is 5. The highest BCUT2D eigenvalue weighted by atomic mass is 16.5. The number of carbonyl (C=O) groups is 4. The highest BCUT2D eigenvalue weighted by Crippen LogP contribution is 2.11. The number of nitrogens with one attached hydrogen (secondary N) is 2. The van der Waals surface area contributed by atoms with Crippen LogP contribution < -0.4 is 10.6 Å². The number of carboxylic acid groups (broad SMARTS) is 1. The lowest BCUT2D eigenvalue weighted by Crippen LogP contribution is -2.27. The zero-order valence-corrected chi connectivity index (χ0v) is 25.9. The van der Waals surface area contributed by atoms with Gasteiger partial charge in [0.2, 0.25) is 11.8 Å². The fraction of sp³-hybridized carbons (Fsp3) is 0.750.